The summed E-state index contributed by atoms with van der Waals surface area (Å²) in [6, 6.07) is 0.375. The van der Waals surface area contributed by atoms with Gasteiger partial charge in [-0.3, -0.25) is 4.79 Å². The number of carbonyl (C=O) groups excluding carboxylic acids is 1. The Balaban J connectivity index is 1.87. The number of hydrogen-bond acceptors (Lipinski definition) is 3. The van der Waals surface area contributed by atoms with Crippen LogP contribution in [-0.4, -0.2) is 37.2 Å². The van der Waals surface area contributed by atoms with Gasteiger partial charge in [-0.25, -0.2) is 0 Å². The molecule has 2 N–H and O–H groups in total. The molecule has 2 fully saturated rings. The Bertz CT molecular complexity index is 231. The van der Waals surface area contributed by atoms with Crippen molar-refractivity contribution >= 4 is 5.91 Å². The van der Waals surface area contributed by atoms with Crippen molar-refractivity contribution in [3.05, 3.63) is 0 Å². The molecule has 1 aliphatic heterocycles. The number of carbonyl (C=O) groups is 1. The summed E-state index contributed by atoms with van der Waals surface area (Å²) in [7, 11) is 0. The summed E-state index contributed by atoms with van der Waals surface area (Å²) < 4.78 is 5.56. The zero-order valence-corrected chi connectivity index (χ0v) is 9.34. The maximum absolute atomic E-state index is 12.0. The van der Waals surface area contributed by atoms with Crippen LogP contribution in [0.25, 0.3) is 0 Å². The van der Waals surface area contributed by atoms with Gasteiger partial charge in [0.2, 0.25) is 0 Å². The average Bonchev–Trinajstić information content (AvgIpc) is 2.71. The van der Waals surface area contributed by atoms with Crippen LogP contribution in [0.2, 0.25) is 0 Å². The molecule has 0 radical (unpaired) electrons. The summed E-state index contributed by atoms with van der Waals surface area (Å²) in [5.41, 5.74) is -0.666. The Morgan fingerprint density at radius 3 is 2.80 bits per heavy atom. The zero-order chi connectivity index (χ0) is 10.7. The molecular formula is C11H20N2O2. The van der Waals surface area contributed by atoms with E-state index in [4.69, 9.17) is 4.74 Å². The van der Waals surface area contributed by atoms with E-state index < -0.39 is 5.60 Å². The molecule has 15 heavy (non-hydrogen) atoms. The lowest BCUT2D eigenvalue weighted by molar-refractivity contribution is -0.148. The third kappa shape index (κ3) is 2.49. The van der Waals surface area contributed by atoms with Crippen molar-refractivity contribution in [2.75, 3.05) is 19.7 Å². The van der Waals surface area contributed by atoms with Crippen LogP contribution in [0.1, 0.15) is 32.6 Å². The SMILES string of the molecule is C[C@@]1(C(=O)NC2CCCC2)CNCCO1. The van der Waals surface area contributed by atoms with Gasteiger partial charge in [0, 0.05) is 19.1 Å². The Kier molecular flexibility index (Phi) is 3.26. The van der Waals surface area contributed by atoms with Gasteiger partial charge in [-0.05, 0) is 19.8 Å². The van der Waals surface area contributed by atoms with E-state index in [1.807, 2.05) is 6.92 Å². The quantitative estimate of drug-likeness (QED) is 0.697. The second-order valence-corrected chi connectivity index (χ2v) is 4.71. The van der Waals surface area contributed by atoms with Crippen molar-refractivity contribution in [1.82, 2.24) is 10.6 Å². The van der Waals surface area contributed by atoms with Crippen molar-refractivity contribution in [3.8, 4) is 0 Å². The molecular weight excluding hydrogens is 192 g/mol. The highest BCUT2D eigenvalue weighted by Gasteiger charge is 2.37. The van der Waals surface area contributed by atoms with Gasteiger partial charge >= 0.3 is 0 Å². The summed E-state index contributed by atoms with van der Waals surface area (Å²) in [5.74, 6) is 0.0431. The molecule has 2 aliphatic rings. The predicted molar refractivity (Wildman–Crippen MR) is 57.6 cm³/mol. The van der Waals surface area contributed by atoms with Crippen LogP contribution >= 0.6 is 0 Å². The number of amides is 1. The maximum Gasteiger partial charge on any atom is 0.253 e. The highest BCUT2D eigenvalue weighted by Crippen LogP contribution is 2.20. The Hall–Kier alpha value is -0.610. The molecule has 2 rings (SSSR count). The minimum Gasteiger partial charge on any atom is -0.363 e. The number of morpholine rings is 1. The molecule has 1 aliphatic carbocycles. The predicted octanol–water partition coefficient (Wildman–Crippen LogP) is 0.424. The molecule has 1 heterocycles. The van der Waals surface area contributed by atoms with E-state index in [-0.39, 0.29) is 5.91 Å². The van der Waals surface area contributed by atoms with Crippen LogP contribution in [0.15, 0.2) is 0 Å². The van der Waals surface area contributed by atoms with Gasteiger partial charge in [0.15, 0.2) is 5.60 Å². The van der Waals surface area contributed by atoms with E-state index in [2.05, 4.69) is 10.6 Å². The van der Waals surface area contributed by atoms with Crippen LogP contribution in [0.3, 0.4) is 0 Å². The first-order valence-electron chi connectivity index (χ1n) is 5.86. The zero-order valence-electron chi connectivity index (χ0n) is 9.34. The molecule has 0 aromatic rings. The summed E-state index contributed by atoms with van der Waals surface area (Å²) in [6.45, 7) is 3.94. The molecule has 1 atom stereocenters. The van der Waals surface area contributed by atoms with E-state index in [9.17, 15) is 4.79 Å². The second kappa shape index (κ2) is 4.49. The monoisotopic (exact) mass is 212 g/mol. The first kappa shape index (κ1) is 10.9. The van der Waals surface area contributed by atoms with Crippen molar-refractivity contribution in [3.63, 3.8) is 0 Å². The van der Waals surface area contributed by atoms with Crippen molar-refractivity contribution in [2.45, 2.75) is 44.2 Å². The van der Waals surface area contributed by atoms with Gasteiger partial charge in [0.05, 0.1) is 6.61 Å². The normalized spacial score (nSPS) is 32.9. The minimum absolute atomic E-state index is 0.0431. The largest absolute Gasteiger partial charge is 0.363 e. The molecule has 0 bridgehead atoms. The molecule has 0 unspecified atom stereocenters. The molecule has 4 heteroatoms. The first-order valence-corrected chi connectivity index (χ1v) is 5.86. The number of nitrogens with one attached hydrogen (secondary N) is 2. The molecule has 0 aromatic heterocycles. The third-order valence-electron chi connectivity index (χ3n) is 3.33. The van der Waals surface area contributed by atoms with E-state index in [1.165, 1.54) is 12.8 Å². The lowest BCUT2D eigenvalue weighted by Gasteiger charge is -2.33. The standard InChI is InChI=1S/C11H20N2O2/c1-11(8-12-6-7-15-11)10(14)13-9-4-2-3-5-9/h9,12H,2-8H2,1H3,(H,13,14)/t11-/m0/s1. The molecule has 0 aromatic carbocycles. The second-order valence-electron chi connectivity index (χ2n) is 4.71. The van der Waals surface area contributed by atoms with Crippen molar-refractivity contribution < 1.29 is 9.53 Å². The van der Waals surface area contributed by atoms with E-state index in [0.717, 1.165) is 19.4 Å². The van der Waals surface area contributed by atoms with E-state index >= 15 is 0 Å². The van der Waals surface area contributed by atoms with Gasteiger partial charge in [-0.1, -0.05) is 12.8 Å². The van der Waals surface area contributed by atoms with Crippen LogP contribution in [0.4, 0.5) is 0 Å². The van der Waals surface area contributed by atoms with Crippen LogP contribution in [0.5, 0.6) is 0 Å². The fourth-order valence-electron chi connectivity index (χ4n) is 2.28. The van der Waals surface area contributed by atoms with Gasteiger partial charge in [-0.2, -0.15) is 0 Å². The Labute approximate surface area is 90.8 Å². The lowest BCUT2D eigenvalue weighted by atomic mass is 10.0. The number of ether oxygens (including phenoxy) is 1. The fraction of sp³-hybridized carbons (Fsp3) is 0.909. The average molecular weight is 212 g/mol. The molecule has 1 saturated carbocycles. The number of rotatable bonds is 2. The summed E-state index contributed by atoms with van der Waals surface area (Å²) in [4.78, 5) is 12.0. The summed E-state index contributed by atoms with van der Waals surface area (Å²) >= 11 is 0. The highest BCUT2D eigenvalue weighted by molar-refractivity contribution is 5.85. The first-order chi connectivity index (χ1) is 7.21. The number of hydrogen-bond donors (Lipinski definition) is 2. The highest BCUT2D eigenvalue weighted by atomic mass is 16.5. The molecule has 1 amide bonds. The van der Waals surface area contributed by atoms with Gasteiger partial charge in [-0.15, -0.1) is 0 Å². The van der Waals surface area contributed by atoms with Crippen molar-refractivity contribution in [2.24, 2.45) is 0 Å². The molecule has 86 valence electrons. The van der Waals surface area contributed by atoms with Crippen LogP contribution in [-0.2, 0) is 9.53 Å². The smallest absolute Gasteiger partial charge is 0.253 e. The van der Waals surface area contributed by atoms with Gasteiger partial charge in [0.1, 0.15) is 0 Å². The van der Waals surface area contributed by atoms with Crippen molar-refractivity contribution in [1.29, 1.82) is 0 Å². The van der Waals surface area contributed by atoms with Gasteiger partial charge < -0.3 is 15.4 Å². The summed E-state index contributed by atoms with van der Waals surface area (Å²) in [5, 5.41) is 6.28. The lowest BCUT2D eigenvalue weighted by Crippen LogP contribution is -2.58. The van der Waals surface area contributed by atoms with Crippen LogP contribution in [0, 0.1) is 0 Å². The van der Waals surface area contributed by atoms with E-state index in [0.29, 0.717) is 19.2 Å². The maximum atomic E-state index is 12.0. The molecule has 1 saturated heterocycles. The topological polar surface area (TPSA) is 50.4 Å². The third-order valence-corrected chi connectivity index (χ3v) is 3.33. The van der Waals surface area contributed by atoms with E-state index in [1.54, 1.807) is 0 Å². The molecule has 4 nitrogen and oxygen atoms in total. The fourth-order valence-corrected chi connectivity index (χ4v) is 2.28. The van der Waals surface area contributed by atoms with Crippen LogP contribution < -0.4 is 10.6 Å². The Morgan fingerprint density at radius 2 is 2.20 bits per heavy atom. The summed E-state index contributed by atoms with van der Waals surface area (Å²) in [6.07, 6.45) is 4.71. The minimum atomic E-state index is -0.666. The van der Waals surface area contributed by atoms with Gasteiger partial charge in [0.25, 0.3) is 5.91 Å². The Morgan fingerprint density at radius 1 is 1.47 bits per heavy atom. The molecule has 0 spiro atoms.